The van der Waals surface area contributed by atoms with E-state index in [9.17, 15) is 4.79 Å². The Kier molecular flexibility index (Phi) is 6.44. The summed E-state index contributed by atoms with van der Waals surface area (Å²) in [5.74, 6) is 0.867. The van der Waals surface area contributed by atoms with Gasteiger partial charge in [-0.3, -0.25) is 4.79 Å². The fourth-order valence-corrected chi connectivity index (χ4v) is 1.64. The Morgan fingerprint density at radius 3 is 2.67 bits per heavy atom. The Labute approximate surface area is 109 Å². The molecule has 0 fully saturated rings. The van der Waals surface area contributed by atoms with Crippen LogP contribution in [0.15, 0.2) is 18.2 Å². The number of carbonyl (C=O) groups is 1. The number of benzene rings is 1. The van der Waals surface area contributed by atoms with Gasteiger partial charge in [-0.05, 0) is 38.5 Å². The van der Waals surface area contributed by atoms with E-state index in [1.54, 1.807) is 13.0 Å². The summed E-state index contributed by atoms with van der Waals surface area (Å²) in [5.41, 5.74) is 1.65. The van der Waals surface area contributed by atoms with Crippen molar-refractivity contribution in [3.05, 3.63) is 29.3 Å². The van der Waals surface area contributed by atoms with E-state index < -0.39 is 0 Å². The van der Waals surface area contributed by atoms with Gasteiger partial charge in [-0.2, -0.15) is 0 Å². The first-order chi connectivity index (χ1) is 8.69. The highest BCUT2D eigenvalue weighted by Gasteiger charge is 2.07. The smallest absolute Gasteiger partial charge is 0.159 e. The van der Waals surface area contributed by atoms with Gasteiger partial charge >= 0.3 is 0 Å². The zero-order valence-corrected chi connectivity index (χ0v) is 11.5. The van der Waals surface area contributed by atoms with Crippen LogP contribution in [0.2, 0.25) is 0 Å². The molecule has 0 aliphatic carbocycles. The molecule has 0 aromatic heterocycles. The molecule has 0 aliphatic rings. The third-order valence-electron chi connectivity index (χ3n) is 2.67. The van der Waals surface area contributed by atoms with Gasteiger partial charge in [-0.25, -0.2) is 0 Å². The second-order valence-electron chi connectivity index (χ2n) is 4.22. The van der Waals surface area contributed by atoms with Crippen LogP contribution in [0.25, 0.3) is 0 Å². The Balaban J connectivity index is 2.75. The first kappa shape index (κ1) is 14.7. The molecule has 3 nitrogen and oxygen atoms in total. The monoisotopic (exact) mass is 250 g/mol. The van der Waals surface area contributed by atoms with Gasteiger partial charge in [0.1, 0.15) is 5.75 Å². The van der Waals surface area contributed by atoms with E-state index in [-0.39, 0.29) is 5.78 Å². The molecule has 0 atom stereocenters. The SMILES string of the molecule is CCCCOCc1cc(C(C)=O)ccc1OCC. The largest absolute Gasteiger partial charge is 0.494 e. The highest BCUT2D eigenvalue weighted by molar-refractivity contribution is 5.94. The number of ether oxygens (including phenoxy) is 2. The Bertz CT molecular complexity index is 385. The van der Waals surface area contributed by atoms with Crippen LogP contribution in [0.1, 0.15) is 49.5 Å². The summed E-state index contributed by atoms with van der Waals surface area (Å²) < 4.78 is 11.1. The number of unbranched alkanes of at least 4 members (excludes halogenated alkanes) is 1. The minimum Gasteiger partial charge on any atom is -0.494 e. The van der Waals surface area contributed by atoms with E-state index in [1.165, 1.54) is 0 Å². The quantitative estimate of drug-likeness (QED) is 0.522. The van der Waals surface area contributed by atoms with Gasteiger partial charge in [-0.15, -0.1) is 0 Å². The van der Waals surface area contributed by atoms with Crippen LogP contribution in [0.3, 0.4) is 0 Å². The molecule has 0 heterocycles. The van der Waals surface area contributed by atoms with Gasteiger partial charge in [0, 0.05) is 17.7 Å². The van der Waals surface area contributed by atoms with Gasteiger partial charge in [0.2, 0.25) is 0 Å². The van der Waals surface area contributed by atoms with Gasteiger partial charge in [0.25, 0.3) is 0 Å². The second-order valence-corrected chi connectivity index (χ2v) is 4.22. The highest BCUT2D eigenvalue weighted by Crippen LogP contribution is 2.21. The summed E-state index contributed by atoms with van der Waals surface area (Å²) in [5, 5.41) is 0. The maximum absolute atomic E-state index is 11.4. The van der Waals surface area contributed by atoms with Crippen molar-refractivity contribution in [2.24, 2.45) is 0 Å². The zero-order valence-electron chi connectivity index (χ0n) is 11.5. The van der Waals surface area contributed by atoms with Crippen LogP contribution in [0, 0.1) is 0 Å². The van der Waals surface area contributed by atoms with Crippen LogP contribution in [0.5, 0.6) is 5.75 Å². The van der Waals surface area contributed by atoms with Gasteiger partial charge in [0.15, 0.2) is 5.78 Å². The molecular weight excluding hydrogens is 228 g/mol. The third kappa shape index (κ3) is 4.49. The Morgan fingerprint density at radius 1 is 1.28 bits per heavy atom. The third-order valence-corrected chi connectivity index (χ3v) is 2.67. The maximum Gasteiger partial charge on any atom is 0.159 e. The number of hydrogen-bond acceptors (Lipinski definition) is 3. The normalized spacial score (nSPS) is 10.4. The Hall–Kier alpha value is -1.35. The van der Waals surface area contributed by atoms with Crippen molar-refractivity contribution in [3.63, 3.8) is 0 Å². The first-order valence-electron chi connectivity index (χ1n) is 6.53. The van der Waals surface area contributed by atoms with Crippen LogP contribution in [-0.2, 0) is 11.3 Å². The van der Waals surface area contributed by atoms with Crippen molar-refractivity contribution in [1.82, 2.24) is 0 Å². The lowest BCUT2D eigenvalue weighted by molar-refractivity contribution is 0.101. The van der Waals surface area contributed by atoms with E-state index in [0.29, 0.717) is 18.8 Å². The summed E-state index contributed by atoms with van der Waals surface area (Å²) in [6, 6.07) is 5.50. The van der Waals surface area contributed by atoms with Crippen LogP contribution >= 0.6 is 0 Å². The molecule has 1 rings (SSSR count). The Morgan fingerprint density at radius 2 is 2.06 bits per heavy atom. The number of ketones is 1. The molecule has 0 unspecified atom stereocenters. The molecule has 0 amide bonds. The molecular formula is C15H22O3. The van der Waals surface area contributed by atoms with Crippen molar-refractivity contribution in [2.75, 3.05) is 13.2 Å². The zero-order chi connectivity index (χ0) is 13.4. The molecule has 0 radical (unpaired) electrons. The summed E-state index contributed by atoms with van der Waals surface area (Å²) in [6.07, 6.45) is 2.17. The van der Waals surface area contributed by atoms with Crippen molar-refractivity contribution in [3.8, 4) is 5.75 Å². The second kappa shape index (κ2) is 7.88. The summed E-state index contributed by atoms with van der Waals surface area (Å²) in [7, 11) is 0. The van der Waals surface area contributed by atoms with Crippen LogP contribution in [0.4, 0.5) is 0 Å². The molecule has 0 spiro atoms. The molecule has 0 saturated carbocycles. The fraction of sp³-hybridized carbons (Fsp3) is 0.533. The number of Topliss-reactive ketones (excluding diaryl/α,β-unsaturated/α-hetero) is 1. The predicted molar refractivity (Wildman–Crippen MR) is 72.2 cm³/mol. The summed E-state index contributed by atoms with van der Waals surface area (Å²) in [6.45, 7) is 7.49. The topological polar surface area (TPSA) is 35.5 Å². The van der Waals surface area contributed by atoms with Crippen molar-refractivity contribution in [2.45, 2.75) is 40.2 Å². The standard InChI is InChI=1S/C15H22O3/c1-4-6-9-17-11-14-10-13(12(3)16)7-8-15(14)18-5-2/h7-8,10H,4-6,9,11H2,1-3H3. The number of hydrogen-bond donors (Lipinski definition) is 0. The van der Waals surface area contributed by atoms with E-state index >= 15 is 0 Å². The number of carbonyl (C=O) groups excluding carboxylic acids is 1. The van der Waals surface area contributed by atoms with E-state index in [1.807, 2.05) is 19.1 Å². The van der Waals surface area contributed by atoms with E-state index in [2.05, 4.69) is 6.92 Å². The minimum atomic E-state index is 0.0628. The fourth-order valence-electron chi connectivity index (χ4n) is 1.64. The molecule has 18 heavy (non-hydrogen) atoms. The van der Waals surface area contributed by atoms with Gasteiger partial charge in [-0.1, -0.05) is 13.3 Å². The molecule has 0 N–H and O–H groups in total. The lowest BCUT2D eigenvalue weighted by Gasteiger charge is -2.11. The lowest BCUT2D eigenvalue weighted by Crippen LogP contribution is -2.03. The first-order valence-corrected chi connectivity index (χ1v) is 6.53. The van der Waals surface area contributed by atoms with Gasteiger partial charge < -0.3 is 9.47 Å². The van der Waals surface area contributed by atoms with E-state index in [0.717, 1.165) is 30.8 Å². The molecule has 0 saturated heterocycles. The summed E-state index contributed by atoms with van der Waals surface area (Å²) in [4.78, 5) is 11.4. The van der Waals surface area contributed by atoms with Crippen molar-refractivity contribution >= 4 is 5.78 Å². The van der Waals surface area contributed by atoms with Crippen LogP contribution in [-0.4, -0.2) is 19.0 Å². The molecule has 0 bridgehead atoms. The average Bonchev–Trinajstić information content (AvgIpc) is 2.36. The number of rotatable bonds is 8. The lowest BCUT2D eigenvalue weighted by atomic mass is 10.1. The molecule has 100 valence electrons. The van der Waals surface area contributed by atoms with Crippen molar-refractivity contribution < 1.29 is 14.3 Å². The molecule has 1 aromatic rings. The van der Waals surface area contributed by atoms with E-state index in [4.69, 9.17) is 9.47 Å². The highest BCUT2D eigenvalue weighted by atomic mass is 16.5. The van der Waals surface area contributed by atoms with Gasteiger partial charge in [0.05, 0.1) is 13.2 Å². The molecule has 3 heteroatoms. The molecule has 1 aromatic carbocycles. The van der Waals surface area contributed by atoms with Crippen molar-refractivity contribution in [1.29, 1.82) is 0 Å². The minimum absolute atomic E-state index is 0.0628. The molecule has 0 aliphatic heterocycles. The summed E-state index contributed by atoms with van der Waals surface area (Å²) >= 11 is 0. The predicted octanol–water partition coefficient (Wildman–Crippen LogP) is 3.60. The average molecular weight is 250 g/mol. The van der Waals surface area contributed by atoms with Crippen LogP contribution < -0.4 is 4.74 Å². The maximum atomic E-state index is 11.4.